The minimum Gasteiger partial charge on any atom is -0.491 e. The normalized spacial score (nSPS) is 12.8. The van der Waals surface area contributed by atoms with E-state index in [1.54, 1.807) is 0 Å². The lowest BCUT2D eigenvalue weighted by atomic mass is 10.1. The number of benzene rings is 2. The van der Waals surface area contributed by atoms with E-state index in [1.165, 1.54) is 11.1 Å². The summed E-state index contributed by atoms with van der Waals surface area (Å²) < 4.78 is 6.65. The Bertz CT molecular complexity index is 702. The van der Waals surface area contributed by atoms with E-state index < -0.39 is 6.10 Å². The molecule has 0 aromatic heterocycles. The van der Waals surface area contributed by atoms with Crippen molar-refractivity contribution in [3.63, 3.8) is 0 Å². The van der Waals surface area contributed by atoms with Gasteiger partial charge in [-0.15, -0.1) is 0 Å². The molecule has 0 aliphatic heterocycles. The van der Waals surface area contributed by atoms with Gasteiger partial charge in [-0.3, -0.25) is 4.99 Å². The Morgan fingerprint density at radius 2 is 1.92 bits per heavy atom. The van der Waals surface area contributed by atoms with E-state index in [4.69, 9.17) is 10.5 Å². The first-order valence-electron chi connectivity index (χ1n) is 7.64. The maximum atomic E-state index is 9.94. The van der Waals surface area contributed by atoms with Gasteiger partial charge in [0, 0.05) is 9.26 Å². The first-order valence-corrected chi connectivity index (χ1v) is 8.72. The molecule has 2 aromatic rings. The largest absolute Gasteiger partial charge is 0.491 e. The second-order valence-electron chi connectivity index (χ2n) is 5.57. The molecule has 6 heteroatoms. The highest BCUT2D eigenvalue weighted by Crippen LogP contribution is 2.14. The summed E-state index contributed by atoms with van der Waals surface area (Å²) in [5, 5.41) is 13.0. The van der Waals surface area contributed by atoms with Crippen LogP contribution in [0.25, 0.3) is 0 Å². The van der Waals surface area contributed by atoms with Crippen LogP contribution in [-0.2, 0) is 0 Å². The Kier molecular flexibility index (Phi) is 6.86. The van der Waals surface area contributed by atoms with Crippen LogP contribution in [-0.4, -0.2) is 30.3 Å². The molecule has 128 valence electrons. The third-order valence-corrected chi connectivity index (χ3v) is 4.23. The number of aliphatic imine (C=N–C) groups is 1. The Hall–Kier alpha value is -1.80. The maximum Gasteiger partial charge on any atom is 0.193 e. The number of hydrogen-bond acceptors (Lipinski definition) is 3. The molecule has 4 N–H and O–H groups in total. The molecule has 0 aliphatic rings. The minimum atomic E-state index is -0.718. The zero-order valence-electron chi connectivity index (χ0n) is 13.8. The van der Waals surface area contributed by atoms with Crippen molar-refractivity contribution in [3.05, 3.63) is 57.2 Å². The lowest BCUT2D eigenvalue weighted by Crippen LogP contribution is -2.27. The smallest absolute Gasteiger partial charge is 0.193 e. The van der Waals surface area contributed by atoms with Gasteiger partial charge in [-0.05, 0) is 84.0 Å². The Balaban J connectivity index is 1.80. The molecule has 0 spiro atoms. The fraction of sp³-hybridized carbons (Fsp3) is 0.278. The number of nitrogens with one attached hydrogen (secondary N) is 1. The molecular weight excluding hydrogens is 417 g/mol. The third-order valence-electron chi connectivity index (χ3n) is 3.51. The van der Waals surface area contributed by atoms with Crippen molar-refractivity contribution in [2.75, 3.05) is 18.5 Å². The van der Waals surface area contributed by atoms with Crippen molar-refractivity contribution in [2.45, 2.75) is 20.0 Å². The Morgan fingerprint density at radius 1 is 1.21 bits per heavy atom. The zero-order valence-corrected chi connectivity index (χ0v) is 15.9. The molecule has 1 atom stereocenters. The standard InChI is InChI=1S/C18H22IN3O2/c1-12-3-6-15(9-13(12)2)22-18(20)21-10-16(23)11-24-17-7-4-14(19)5-8-17/h3-9,16,23H,10-11H2,1-2H3,(H3,20,21,22). The molecule has 2 aromatic carbocycles. The molecule has 0 radical (unpaired) electrons. The number of hydrogen-bond donors (Lipinski definition) is 3. The summed E-state index contributed by atoms with van der Waals surface area (Å²) in [5.41, 5.74) is 9.13. The number of ether oxygens (including phenoxy) is 1. The van der Waals surface area contributed by atoms with Gasteiger partial charge in [-0.25, -0.2) is 0 Å². The number of nitrogens with zero attached hydrogens (tertiary/aromatic N) is 1. The van der Waals surface area contributed by atoms with Crippen LogP contribution in [0.15, 0.2) is 47.5 Å². The van der Waals surface area contributed by atoms with E-state index in [0.29, 0.717) is 0 Å². The molecule has 0 fully saturated rings. The van der Waals surface area contributed by atoms with Crippen molar-refractivity contribution in [1.29, 1.82) is 0 Å². The summed E-state index contributed by atoms with van der Waals surface area (Å²) in [5.74, 6) is 0.992. The average Bonchev–Trinajstić information content (AvgIpc) is 2.56. The molecule has 5 nitrogen and oxygen atoms in total. The minimum absolute atomic E-state index is 0.168. The summed E-state index contributed by atoms with van der Waals surface area (Å²) in [4.78, 5) is 4.15. The first kappa shape index (κ1) is 18.5. The van der Waals surface area contributed by atoms with E-state index in [-0.39, 0.29) is 19.1 Å². The quantitative estimate of drug-likeness (QED) is 0.367. The van der Waals surface area contributed by atoms with Crippen LogP contribution in [0.2, 0.25) is 0 Å². The molecule has 0 bridgehead atoms. The van der Waals surface area contributed by atoms with E-state index in [1.807, 2.05) is 49.4 Å². The van der Waals surface area contributed by atoms with Gasteiger partial charge in [0.2, 0.25) is 0 Å². The molecule has 24 heavy (non-hydrogen) atoms. The Morgan fingerprint density at radius 3 is 2.58 bits per heavy atom. The fourth-order valence-electron chi connectivity index (χ4n) is 1.99. The van der Waals surface area contributed by atoms with E-state index in [0.717, 1.165) is 15.0 Å². The molecule has 2 rings (SSSR count). The summed E-state index contributed by atoms with van der Waals surface area (Å²) in [6.45, 7) is 4.44. The SMILES string of the molecule is Cc1ccc(NC(N)=NCC(O)COc2ccc(I)cc2)cc1C. The number of aliphatic hydroxyl groups is 1. The second-order valence-corrected chi connectivity index (χ2v) is 6.81. The van der Waals surface area contributed by atoms with Gasteiger partial charge >= 0.3 is 0 Å². The first-order chi connectivity index (χ1) is 11.4. The van der Waals surface area contributed by atoms with Gasteiger partial charge in [-0.1, -0.05) is 6.07 Å². The predicted octanol–water partition coefficient (Wildman–Crippen LogP) is 3.07. The maximum absolute atomic E-state index is 9.94. The lowest BCUT2D eigenvalue weighted by Gasteiger charge is -2.12. The zero-order chi connectivity index (χ0) is 17.5. The highest BCUT2D eigenvalue weighted by molar-refractivity contribution is 14.1. The van der Waals surface area contributed by atoms with Crippen molar-refractivity contribution in [3.8, 4) is 5.75 Å². The Labute approximate surface area is 156 Å². The molecule has 0 aliphatic carbocycles. The lowest BCUT2D eigenvalue weighted by molar-refractivity contribution is 0.114. The van der Waals surface area contributed by atoms with Crippen LogP contribution in [0.5, 0.6) is 5.75 Å². The number of anilines is 1. The van der Waals surface area contributed by atoms with Crippen molar-refractivity contribution < 1.29 is 9.84 Å². The number of guanidine groups is 1. The van der Waals surface area contributed by atoms with E-state index >= 15 is 0 Å². The van der Waals surface area contributed by atoms with Crippen LogP contribution < -0.4 is 15.8 Å². The number of halogens is 1. The van der Waals surface area contributed by atoms with Crippen molar-refractivity contribution >= 4 is 34.2 Å². The number of rotatable bonds is 6. The van der Waals surface area contributed by atoms with Crippen LogP contribution in [0, 0.1) is 17.4 Å². The van der Waals surface area contributed by atoms with Crippen LogP contribution in [0.3, 0.4) is 0 Å². The van der Waals surface area contributed by atoms with Crippen LogP contribution in [0.1, 0.15) is 11.1 Å². The second kappa shape index (κ2) is 8.89. The number of aliphatic hydroxyl groups excluding tert-OH is 1. The number of nitrogens with two attached hydrogens (primary N) is 1. The molecule has 0 heterocycles. The fourth-order valence-corrected chi connectivity index (χ4v) is 2.35. The van der Waals surface area contributed by atoms with E-state index in [9.17, 15) is 5.11 Å². The predicted molar refractivity (Wildman–Crippen MR) is 107 cm³/mol. The molecule has 0 amide bonds. The highest BCUT2D eigenvalue weighted by Gasteiger charge is 2.05. The summed E-state index contributed by atoms with van der Waals surface area (Å²) >= 11 is 2.23. The molecule has 1 unspecified atom stereocenters. The molecule has 0 saturated heterocycles. The highest BCUT2D eigenvalue weighted by atomic mass is 127. The molecular formula is C18H22IN3O2. The number of aryl methyl sites for hydroxylation is 2. The van der Waals surface area contributed by atoms with Crippen LogP contribution >= 0.6 is 22.6 Å². The van der Waals surface area contributed by atoms with E-state index in [2.05, 4.69) is 39.8 Å². The summed E-state index contributed by atoms with van der Waals surface area (Å²) in [6, 6.07) is 13.6. The van der Waals surface area contributed by atoms with Crippen molar-refractivity contribution in [2.24, 2.45) is 10.7 Å². The van der Waals surface area contributed by atoms with Crippen molar-refractivity contribution in [1.82, 2.24) is 0 Å². The molecule has 0 saturated carbocycles. The average molecular weight is 439 g/mol. The van der Waals surface area contributed by atoms with Gasteiger partial charge in [0.15, 0.2) is 5.96 Å². The van der Waals surface area contributed by atoms with Crippen LogP contribution in [0.4, 0.5) is 5.69 Å². The monoisotopic (exact) mass is 439 g/mol. The summed E-state index contributed by atoms with van der Waals surface area (Å²) in [7, 11) is 0. The van der Waals surface area contributed by atoms with Gasteiger partial charge in [0.1, 0.15) is 18.5 Å². The van der Waals surface area contributed by atoms with Gasteiger partial charge < -0.3 is 20.9 Å². The van der Waals surface area contributed by atoms with Gasteiger partial charge in [-0.2, -0.15) is 0 Å². The van der Waals surface area contributed by atoms with Gasteiger partial charge in [0.05, 0.1) is 6.54 Å². The van der Waals surface area contributed by atoms with Gasteiger partial charge in [0.25, 0.3) is 0 Å². The summed E-state index contributed by atoms with van der Waals surface area (Å²) in [6.07, 6.45) is -0.718. The third kappa shape index (κ3) is 6.01. The topological polar surface area (TPSA) is 79.9 Å².